The van der Waals surface area contributed by atoms with Crippen LogP contribution in [0.4, 0.5) is 0 Å². The first-order chi connectivity index (χ1) is 4.95. The van der Waals surface area contributed by atoms with Crippen LogP contribution in [0, 0.1) is 5.41 Å². The summed E-state index contributed by atoms with van der Waals surface area (Å²) in [5, 5.41) is 0. The summed E-state index contributed by atoms with van der Waals surface area (Å²) in [6, 6.07) is 0. The van der Waals surface area contributed by atoms with Crippen LogP contribution >= 0.6 is 0 Å². The summed E-state index contributed by atoms with van der Waals surface area (Å²) in [6.45, 7) is 13.1. The highest BCUT2D eigenvalue weighted by Gasteiger charge is 2.09. The molecule has 0 radical (unpaired) electrons. The fraction of sp³-hybridized carbons (Fsp3) is 0.800. The molecule has 0 amide bonds. The molecule has 0 rings (SSSR count). The van der Waals surface area contributed by atoms with Gasteiger partial charge in [-0.1, -0.05) is 39.5 Å². The van der Waals surface area contributed by atoms with E-state index in [2.05, 4.69) is 34.2 Å². The van der Waals surface area contributed by atoms with Gasteiger partial charge in [0, 0.05) is 0 Å². The van der Waals surface area contributed by atoms with E-state index >= 15 is 0 Å². The lowest BCUT2D eigenvalue weighted by Gasteiger charge is -2.18. The molecule has 0 aromatic carbocycles. The molecule has 0 atom stereocenters. The molecule has 0 spiro atoms. The third-order valence-corrected chi connectivity index (χ3v) is 1.83. The summed E-state index contributed by atoms with van der Waals surface area (Å²) < 4.78 is 0. The van der Waals surface area contributed by atoms with Gasteiger partial charge in [0.1, 0.15) is 7.28 Å². The molecule has 0 aliphatic rings. The fourth-order valence-corrected chi connectivity index (χ4v) is 1.03. The van der Waals surface area contributed by atoms with Gasteiger partial charge in [-0.05, 0) is 18.3 Å². The number of allylic oxidation sites excluding steroid dienone is 1. The van der Waals surface area contributed by atoms with E-state index in [-0.39, 0.29) is 0 Å². The average molecular weight is 152 g/mol. The molecule has 64 valence electrons. The number of rotatable bonds is 4. The lowest BCUT2D eigenvalue weighted by molar-refractivity contribution is 0.378. The van der Waals surface area contributed by atoms with Gasteiger partial charge in [-0.15, -0.1) is 6.58 Å². The highest BCUT2D eigenvalue weighted by atomic mass is 14.1. The first-order valence-electron chi connectivity index (χ1n) is 4.62. The Morgan fingerprint density at radius 3 is 2.27 bits per heavy atom. The van der Waals surface area contributed by atoms with Crippen LogP contribution in [0.5, 0.6) is 0 Å². The average Bonchev–Trinajstić information content (AvgIpc) is 1.83. The van der Waals surface area contributed by atoms with E-state index in [0.717, 1.165) is 0 Å². The van der Waals surface area contributed by atoms with Crippen molar-refractivity contribution in [3.63, 3.8) is 0 Å². The Bertz CT molecular complexity index is 119. The van der Waals surface area contributed by atoms with Crippen LogP contribution in [-0.4, -0.2) is 7.28 Å². The van der Waals surface area contributed by atoms with Crippen molar-refractivity contribution in [3.05, 3.63) is 12.2 Å². The molecule has 0 saturated carbocycles. The molecule has 0 N–H and O–H groups in total. The van der Waals surface area contributed by atoms with E-state index in [1.165, 1.54) is 32.0 Å². The van der Waals surface area contributed by atoms with Crippen molar-refractivity contribution in [2.45, 2.75) is 46.8 Å². The van der Waals surface area contributed by atoms with Gasteiger partial charge in [0.05, 0.1) is 0 Å². The smallest absolute Gasteiger partial charge is 0.101 e. The van der Waals surface area contributed by atoms with Crippen LogP contribution in [0.3, 0.4) is 0 Å². The lowest BCUT2D eigenvalue weighted by atomic mass is 9.73. The normalized spacial score (nSPS) is 11.3. The molecule has 1 heteroatoms. The van der Waals surface area contributed by atoms with Crippen LogP contribution in [0.1, 0.15) is 33.6 Å². The summed E-state index contributed by atoms with van der Waals surface area (Å²) in [4.78, 5) is 0. The molecule has 0 saturated heterocycles. The standard InChI is InChI=1S/C10H21B/c1-9(8-11-5)6-7-10(2,3)4/h11H,1,6-8H2,2-5H3. The van der Waals surface area contributed by atoms with Crippen molar-refractivity contribution in [1.29, 1.82) is 0 Å². The SMILES string of the molecule is C=C(CBC)CCC(C)(C)C. The zero-order valence-corrected chi connectivity index (χ0v) is 8.54. The maximum atomic E-state index is 4.05. The van der Waals surface area contributed by atoms with Gasteiger partial charge >= 0.3 is 0 Å². The molecular weight excluding hydrogens is 131 g/mol. The summed E-state index contributed by atoms with van der Waals surface area (Å²) >= 11 is 0. The predicted molar refractivity (Wildman–Crippen MR) is 55.6 cm³/mol. The van der Waals surface area contributed by atoms with E-state index in [0.29, 0.717) is 5.41 Å². The minimum Gasteiger partial charge on any atom is -0.101 e. The number of hydrogen-bond acceptors (Lipinski definition) is 0. The summed E-state index contributed by atoms with van der Waals surface area (Å²) in [5.74, 6) is 0. The minimum atomic E-state index is 0.469. The van der Waals surface area contributed by atoms with Crippen LogP contribution in [0.15, 0.2) is 12.2 Å². The summed E-state index contributed by atoms with van der Waals surface area (Å²) in [5.41, 5.74) is 1.89. The van der Waals surface area contributed by atoms with Gasteiger partial charge in [-0.2, -0.15) is 0 Å². The van der Waals surface area contributed by atoms with Gasteiger partial charge in [0.15, 0.2) is 0 Å². The molecule has 0 fully saturated rings. The number of hydrogen-bond donors (Lipinski definition) is 0. The highest BCUT2D eigenvalue weighted by molar-refractivity contribution is 6.34. The zero-order valence-electron chi connectivity index (χ0n) is 8.54. The van der Waals surface area contributed by atoms with Crippen LogP contribution < -0.4 is 0 Å². The van der Waals surface area contributed by atoms with Crippen molar-refractivity contribution in [2.75, 3.05) is 0 Å². The van der Waals surface area contributed by atoms with Gasteiger partial charge < -0.3 is 0 Å². The van der Waals surface area contributed by atoms with E-state index in [4.69, 9.17) is 0 Å². The monoisotopic (exact) mass is 152 g/mol. The first-order valence-corrected chi connectivity index (χ1v) is 4.62. The van der Waals surface area contributed by atoms with Crippen LogP contribution in [0.2, 0.25) is 13.1 Å². The van der Waals surface area contributed by atoms with E-state index in [1.807, 2.05) is 0 Å². The maximum Gasteiger partial charge on any atom is 0.122 e. The molecule has 0 unspecified atom stereocenters. The topological polar surface area (TPSA) is 0 Å². The summed E-state index contributed by atoms with van der Waals surface area (Å²) in [6.07, 6.45) is 3.68. The molecule has 0 aliphatic heterocycles. The maximum absolute atomic E-state index is 4.05. The fourth-order valence-electron chi connectivity index (χ4n) is 1.03. The molecular formula is C10H21B. The second-order valence-corrected chi connectivity index (χ2v) is 4.56. The van der Waals surface area contributed by atoms with Gasteiger partial charge in [-0.25, -0.2) is 0 Å². The molecule has 11 heavy (non-hydrogen) atoms. The Labute approximate surface area is 72.3 Å². The Kier molecular flexibility index (Phi) is 4.55. The van der Waals surface area contributed by atoms with Crippen molar-refractivity contribution in [2.24, 2.45) is 5.41 Å². The second kappa shape index (κ2) is 4.64. The molecule has 0 nitrogen and oxygen atoms in total. The third kappa shape index (κ3) is 7.70. The Morgan fingerprint density at radius 2 is 1.91 bits per heavy atom. The van der Waals surface area contributed by atoms with Crippen LogP contribution in [0.25, 0.3) is 0 Å². The van der Waals surface area contributed by atoms with E-state index < -0.39 is 0 Å². The highest BCUT2D eigenvalue weighted by Crippen LogP contribution is 2.23. The molecule has 0 bridgehead atoms. The quantitative estimate of drug-likeness (QED) is 0.428. The predicted octanol–water partition coefficient (Wildman–Crippen LogP) is 3.27. The molecule has 0 aromatic rings. The zero-order chi connectivity index (χ0) is 8.91. The Hall–Kier alpha value is -0.195. The van der Waals surface area contributed by atoms with Crippen molar-refractivity contribution >= 4 is 7.28 Å². The third-order valence-electron chi connectivity index (χ3n) is 1.83. The van der Waals surface area contributed by atoms with Crippen molar-refractivity contribution in [1.82, 2.24) is 0 Å². The molecule has 0 aromatic heterocycles. The van der Waals surface area contributed by atoms with Crippen molar-refractivity contribution in [3.8, 4) is 0 Å². The summed E-state index contributed by atoms with van der Waals surface area (Å²) in [7, 11) is 1.24. The molecule has 0 aliphatic carbocycles. The second-order valence-electron chi connectivity index (χ2n) is 4.56. The van der Waals surface area contributed by atoms with Gasteiger partial charge in [0.2, 0.25) is 0 Å². The van der Waals surface area contributed by atoms with Gasteiger partial charge in [-0.3, -0.25) is 0 Å². The molecule has 0 heterocycles. The van der Waals surface area contributed by atoms with E-state index in [9.17, 15) is 0 Å². The largest absolute Gasteiger partial charge is 0.122 e. The Morgan fingerprint density at radius 1 is 1.36 bits per heavy atom. The first kappa shape index (κ1) is 10.8. The Balaban J connectivity index is 3.46. The van der Waals surface area contributed by atoms with E-state index in [1.54, 1.807) is 0 Å². The van der Waals surface area contributed by atoms with Crippen LogP contribution in [-0.2, 0) is 0 Å². The minimum absolute atomic E-state index is 0.469. The van der Waals surface area contributed by atoms with Crippen molar-refractivity contribution < 1.29 is 0 Å². The van der Waals surface area contributed by atoms with Gasteiger partial charge in [0.25, 0.3) is 0 Å². The lowest BCUT2D eigenvalue weighted by Crippen LogP contribution is -2.04.